The van der Waals surface area contributed by atoms with Gasteiger partial charge < -0.3 is 10.2 Å². The van der Waals surface area contributed by atoms with E-state index in [0.29, 0.717) is 11.3 Å². The maximum atomic E-state index is 9.66. The molecule has 0 aromatic carbocycles. The number of allylic oxidation sites excluding steroid dienone is 2. The molecule has 2 N–H and O–H groups in total. The van der Waals surface area contributed by atoms with Crippen molar-refractivity contribution in [3.8, 4) is 0 Å². The second kappa shape index (κ2) is 3.69. The van der Waals surface area contributed by atoms with Gasteiger partial charge in [0, 0.05) is 11.8 Å². The van der Waals surface area contributed by atoms with Gasteiger partial charge in [-0.15, -0.1) is 0 Å². The molecule has 72 valence electrons. The summed E-state index contributed by atoms with van der Waals surface area (Å²) in [7, 11) is 0. The fourth-order valence-corrected chi connectivity index (χ4v) is 1.36. The van der Waals surface area contributed by atoms with Gasteiger partial charge in [-0.05, 0) is 6.07 Å². The number of rotatable bonds is 1. The number of aromatic nitrogens is 2. The first-order chi connectivity index (χ1) is 6.79. The Morgan fingerprint density at radius 2 is 2.14 bits per heavy atom. The Morgan fingerprint density at radius 1 is 1.29 bits per heavy atom. The summed E-state index contributed by atoms with van der Waals surface area (Å²) >= 11 is 0. The molecular formula is C10H10N2O2. The van der Waals surface area contributed by atoms with E-state index in [2.05, 4.69) is 9.97 Å². The number of nitrogens with zero attached hydrogens (tertiary/aromatic N) is 2. The van der Waals surface area contributed by atoms with E-state index < -0.39 is 12.2 Å². The Kier molecular flexibility index (Phi) is 2.39. The van der Waals surface area contributed by atoms with E-state index in [1.165, 1.54) is 12.4 Å². The summed E-state index contributed by atoms with van der Waals surface area (Å²) in [5.41, 5.74) is 1.25. The highest BCUT2D eigenvalue weighted by Crippen LogP contribution is 2.21. The summed E-state index contributed by atoms with van der Waals surface area (Å²) in [4.78, 5) is 7.79. The molecule has 4 nitrogen and oxygen atoms in total. The van der Waals surface area contributed by atoms with Crippen LogP contribution in [0.25, 0.3) is 5.57 Å². The van der Waals surface area contributed by atoms with Crippen LogP contribution in [0.3, 0.4) is 0 Å². The SMILES string of the molecule is OC1C=CC=C(c2ccncn2)C1O. The first-order valence-electron chi connectivity index (χ1n) is 4.30. The second-order valence-electron chi connectivity index (χ2n) is 3.04. The van der Waals surface area contributed by atoms with Crippen molar-refractivity contribution in [2.24, 2.45) is 0 Å². The van der Waals surface area contributed by atoms with Crippen LogP contribution in [-0.2, 0) is 0 Å². The zero-order chi connectivity index (χ0) is 9.97. The molecule has 0 fully saturated rings. The first-order valence-corrected chi connectivity index (χ1v) is 4.30. The molecule has 0 aliphatic heterocycles. The first kappa shape index (κ1) is 9.05. The summed E-state index contributed by atoms with van der Waals surface area (Å²) in [6.07, 6.45) is 6.22. The smallest absolute Gasteiger partial charge is 0.116 e. The molecule has 1 heterocycles. The summed E-state index contributed by atoms with van der Waals surface area (Å²) in [6.45, 7) is 0. The fraction of sp³-hybridized carbons (Fsp3) is 0.200. The molecule has 4 heteroatoms. The Labute approximate surface area is 81.3 Å². The third-order valence-corrected chi connectivity index (χ3v) is 2.10. The van der Waals surface area contributed by atoms with Gasteiger partial charge in [0.25, 0.3) is 0 Å². The van der Waals surface area contributed by atoms with E-state index in [1.54, 1.807) is 24.4 Å². The average Bonchev–Trinajstić information content (AvgIpc) is 2.23. The number of aliphatic hydroxyl groups excluding tert-OH is 2. The molecule has 2 unspecified atom stereocenters. The van der Waals surface area contributed by atoms with Crippen molar-refractivity contribution in [2.45, 2.75) is 12.2 Å². The fourth-order valence-electron chi connectivity index (χ4n) is 1.36. The minimum absolute atomic E-state index is 0.613. The van der Waals surface area contributed by atoms with Gasteiger partial charge in [-0.2, -0.15) is 0 Å². The topological polar surface area (TPSA) is 66.2 Å². The van der Waals surface area contributed by atoms with Crippen molar-refractivity contribution in [1.29, 1.82) is 0 Å². The van der Waals surface area contributed by atoms with Crippen LogP contribution in [0.4, 0.5) is 0 Å². The predicted octanol–water partition coefficient (Wildman–Crippen LogP) is 0.152. The van der Waals surface area contributed by atoms with Crippen LogP contribution < -0.4 is 0 Å². The van der Waals surface area contributed by atoms with E-state index in [1.807, 2.05) is 0 Å². The highest BCUT2D eigenvalue weighted by molar-refractivity contribution is 5.69. The molecule has 0 amide bonds. The van der Waals surface area contributed by atoms with Crippen LogP contribution in [0.5, 0.6) is 0 Å². The maximum absolute atomic E-state index is 9.66. The van der Waals surface area contributed by atoms with E-state index in [4.69, 9.17) is 0 Å². The van der Waals surface area contributed by atoms with Crippen LogP contribution in [-0.4, -0.2) is 32.4 Å². The minimum atomic E-state index is -0.908. The van der Waals surface area contributed by atoms with E-state index in [9.17, 15) is 10.2 Å². The molecule has 0 bridgehead atoms. The third-order valence-electron chi connectivity index (χ3n) is 2.10. The number of aliphatic hydroxyl groups is 2. The van der Waals surface area contributed by atoms with Crippen molar-refractivity contribution in [3.05, 3.63) is 42.5 Å². The molecule has 0 spiro atoms. The number of hydrogen-bond donors (Lipinski definition) is 2. The molecule has 0 saturated heterocycles. The monoisotopic (exact) mass is 190 g/mol. The van der Waals surface area contributed by atoms with E-state index >= 15 is 0 Å². The van der Waals surface area contributed by atoms with Crippen molar-refractivity contribution in [3.63, 3.8) is 0 Å². The number of hydrogen-bond acceptors (Lipinski definition) is 4. The van der Waals surface area contributed by atoms with Gasteiger partial charge in [-0.25, -0.2) is 9.97 Å². The average molecular weight is 190 g/mol. The Hall–Kier alpha value is -1.52. The lowest BCUT2D eigenvalue weighted by molar-refractivity contribution is 0.0857. The lowest BCUT2D eigenvalue weighted by atomic mass is 9.96. The zero-order valence-electron chi connectivity index (χ0n) is 7.41. The summed E-state index contributed by atoms with van der Waals surface area (Å²) in [6, 6.07) is 1.70. The van der Waals surface area contributed by atoms with Crippen LogP contribution in [0.1, 0.15) is 5.69 Å². The predicted molar refractivity (Wildman–Crippen MR) is 51.2 cm³/mol. The Balaban J connectivity index is 2.35. The lowest BCUT2D eigenvalue weighted by Gasteiger charge is -2.20. The van der Waals surface area contributed by atoms with Crippen molar-refractivity contribution in [2.75, 3.05) is 0 Å². The minimum Gasteiger partial charge on any atom is -0.386 e. The van der Waals surface area contributed by atoms with Crippen LogP contribution in [0.15, 0.2) is 36.8 Å². The molecule has 0 saturated carbocycles. The maximum Gasteiger partial charge on any atom is 0.116 e. The van der Waals surface area contributed by atoms with E-state index in [-0.39, 0.29) is 0 Å². The lowest BCUT2D eigenvalue weighted by Crippen LogP contribution is -2.27. The van der Waals surface area contributed by atoms with Gasteiger partial charge in [-0.3, -0.25) is 0 Å². The molecule has 0 radical (unpaired) electrons. The highest BCUT2D eigenvalue weighted by atomic mass is 16.3. The van der Waals surface area contributed by atoms with Gasteiger partial charge >= 0.3 is 0 Å². The van der Waals surface area contributed by atoms with Gasteiger partial charge in [0.15, 0.2) is 0 Å². The van der Waals surface area contributed by atoms with Crippen molar-refractivity contribution in [1.82, 2.24) is 9.97 Å². The molecule has 2 atom stereocenters. The quantitative estimate of drug-likeness (QED) is 0.661. The molecular weight excluding hydrogens is 180 g/mol. The summed E-state index contributed by atoms with van der Waals surface area (Å²) in [5, 5.41) is 19.0. The Morgan fingerprint density at radius 3 is 2.86 bits per heavy atom. The van der Waals surface area contributed by atoms with Crippen molar-refractivity contribution < 1.29 is 10.2 Å². The Bertz CT molecular complexity index is 373. The molecule has 1 aromatic heterocycles. The van der Waals surface area contributed by atoms with Crippen LogP contribution in [0, 0.1) is 0 Å². The molecule has 2 rings (SSSR count). The zero-order valence-corrected chi connectivity index (χ0v) is 7.41. The third kappa shape index (κ3) is 1.57. The van der Waals surface area contributed by atoms with Gasteiger partial charge in [0.1, 0.15) is 18.5 Å². The van der Waals surface area contributed by atoms with Crippen LogP contribution >= 0.6 is 0 Å². The second-order valence-corrected chi connectivity index (χ2v) is 3.04. The van der Waals surface area contributed by atoms with Gasteiger partial charge in [-0.1, -0.05) is 18.2 Å². The summed E-state index contributed by atoms with van der Waals surface area (Å²) in [5.74, 6) is 0. The normalized spacial score (nSPS) is 26.0. The van der Waals surface area contributed by atoms with Crippen LogP contribution in [0.2, 0.25) is 0 Å². The highest BCUT2D eigenvalue weighted by Gasteiger charge is 2.22. The molecule has 1 aliphatic rings. The van der Waals surface area contributed by atoms with Gasteiger partial charge in [0.05, 0.1) is 5.69 Å². The van der Waals surface area contributed by atoms with Crippen molar-refractivity contribution >= 4 is 5.57 Å². The standard InChI is InChI=1S/C10H10N2O2/c13-9-3-1-2-7(10(9)14)8-4-5-11-6-12-8/h1-6,9-10,13-14H. The molecule has 14 heavy (non-hydrogen) atoms. The largest absolute Gasteiger partial charge is 0.386 e. The molecule has 1 aromatic rings. The molecule has 1 aliphatic carbocycles. The summed E-state index contributed by atoms with van der Waals surface area (Å²) < 4.78 is 0. The van der Waals surface area contributed by atoms with E-state index in [0.717, 1.165) is 0 Å². The van der Waals surface area contributed by atoms with Gasteiger partial charge in [0.2, 0.25) is 0 Å².